The summed E-state index contributed by atoms with van der Waals surface area (Å²) < 4.78 is 0. The van der Waals surface area contributed by atoms with E-state index < -0.39 is 12.1 Å². The molecule has 176 valence electrons. The first-order valence-electron chi connectivity index (χ1n) is 9.63. The van der Waals surface area contributed by atoms with E-state index in [1.165, 1.54) is 9.80 Å². The molecule has 0 radical (unpaired) electrons. The van der Waals surface area contributed by atoms with E-state index in [2.05, 4.69) is 10.6 Å². The van der Waals surface area contributed by atoms with Gasteiger partial charge >= 0.3 is 12.1 Å². The Kier molecular flexibility index (Phi) is 9.00. The van der Waals surface area contributed by atoms with E-state index in [0.29, 0.717) is 27.6 Å². The first-order valence-corrected chi connectivity index (χ1v) is 11.3. The van der Waals surface area contributed by atoms with Gasteiger partial charge in [-0.3, -0.25) is 9.59 Å². The molecule has 0 aromatic heterocycles. The molecule has 0 bridgehead atoms. The number of hydrogen-bond donors (Lipinski definition) is 4. The first kappa shape index (κ1) is 25.9. The molecular formula is C21H26N6O4S2. The highest BCUT2D eigenvalue weighted by molar-refractivity contribution is 8.14. The molecule has 0 fully saturated rings. The maximum Gasteiger partial charge on any atom is 0.316 e. The zero-order chi connectivity index (χ0) is 24.7. The number of nitrogens with zero attached hydrogens (tertiary/aromatic N) is 2. The molecule has 0 spiro atoms. The number of amides is 6. The molecule has 0 atom stereocenters. The van der Waals surface area contributed by atoms with Gasteiger partial charge in [-0.1, -0.05) is 12.1 Å². The molecule has 0 aliphatic carbocycles. The van der Waals surface area contributed by atoms with Crippen molar-refractivity contribution in [2.75, 3.05) is 38.8 Å². The van der Waals surface area contributed by atoms with Crippen LogP contribution in [0.3, 0.4) is 0 Å². The molecular weight excluding hydrogens is 464 g/mol. The number of anilines is 2. The average molecular weight is 491 g/mol. The minimum absolute atomic E-state index is 0.206. The van der Waals surface area contributed by atoms with Crippen LogP contribution < -0.4 is 22.1 Å². The standard InChI is InChI=1S/C21H26N6O4S2/c1-26(2)20(30)32-16-10-12(5-7-14(16)24-18(22)28)9-13-6-8-15(25-19(23)29)17(11-13)33-21(31)27(3)4/h5-8,10-11H,9H2,1-4H3,(H3,22,24,28)(H3,23,25,29). The quantitative estimate of drug-likeness (QED) is 0.452. The van der Waals surface area contributed by atoms with E-state index in [0.717, 1.165) is 34.7 Å². The van der Waals surface area contributed by atoms with Gasteiger partial charge in [0, 0.05) is 38.0 Å². The lowest BCUT2D eigenvalue weighted by molar-refractivity contribution is 0.240. The van der Waals surface area contributed by atoms with E-state index in [-0.39, 0.29) is 10.5 Å². The fourth-order valence-corrected chi connectivity index (χ4v) is 4.22. The van der Waals surface area contributed by atoms with Crippen LogP contribution in [-0.2, 0) is 6.42 Å². The van der Waals surface area contributed by atoms with Crippen LogP contribution in [0.5, 0.6) is 0 Å². The van der Waals surface area contributed by atoms with Gasteiger partial charge < -0.3 is 31.9 Å². The Morgan fingerprint density at radius 1 is 0.727 bits per heavy atom. The summed E-state index contributed by atoms with van der Waals surface area (Å²) in [6.07, 6.45) is 0.473. The summed E-state index contributed by atoms with van der Waals surface area (Å²) in [5.74, 6) is 0. The summed E-state index contributed by atoms with van der Waals surface area (Å²) in [5, 5.41) is 4.64. The highest BCUT2D eigenvalue weighted by Gasteiger charge is 2.15. The molecule has 0 heterocycles. The topological polar surface area (TPSA) is 151 Å². The van der Waals surface area contributed by atoms with E-state index in [4.69, 9.17) is 11.5 Å². The van der Waals surface area contributed by atoms with Crippen molar-refractivity contribution in [2.24, 2.45) is 11.5 Å². The third-order valence-electron chi connectivity index (χ3n) is 4.14. The van der Waals surface area contributed by atoms with Gasteiger partial charge in [0.05, 0.1) is 11.4 Å². The summed E-state index contributed by atoms with van der Waals surface area (Å²) in [6.45, 7) is 0. The highest BCUT2D eigenvalue weighted by Crippen LogP contribution is 2.33. The van der Waals surface area contributed by atoms with Crippen molar-refractivity contribution in [3.8, 4) is 0 Å². The number of hydrogen-bond acceptors (Lipinski definition) is 6. The summed E-state index contributed by atoms with van der Waals surface area (Å²) in [6, 6.07) is 9.11. The minimum Gasteiger partial charge on any atom is -0.351 e. The fraction of sp³-hybridized carbons (Fsp3) is 0.238. The summed E-state index contributed by atoms with van der Waals surface area (Å²) in [7, 11) is 6.54. The van der Waals surface area contributed by atoms with Gasteiger partial charge in [-0.2, -0.15) is 0 Å². The minimum atomic E-state index is -0.730. The molecule has 0 saturated carbocycles. The fourth-order valence-electron chi connectivity index (χ4n) is 2.60. The Morgan fingerprint density at radius 3 is 1.39 bits per heavy atom. The molecule has 12 heteroatoms. The third-order valence-corrected chi connectivity index (χ3v) is 6.34. The molecule has 0 saturated heterocycles. The van der Waals surface area contributed by atoms with E-state index in [9.17, 15) is 19.2 Å². The number of thioether (sulfide) groups is 2. The van der Waals surface area contributed by atoms with Gasteiger partial charge in [-0.25, -0.2) is 9.59 Å². The van der Waals surface area contributed by atoms with Crippen LogP contribution in [0.2, 0.25) is 0 Å². The highest BCUT2D eigenvalue weighted by atomic mass is 32.2. The molecule has 33 heavy (non-hydrogen) atoms. The van der Waals surface area contributed by atoms with Crippen molar-refractivity contribution in [2.45, 2.75) is 16.2 Å². The van der Waals surface area contributed by atoms with Crippen LogP contribution in [0.4, 0.5) is 30.6 Å². The lowest BCUT2D eigenvalue weighted by atomic mass is 10.0. The predicted octanol–water partition coefficient (Wildman–Crippen LogP) is 3.81. The van der Waals surface area contributed by atoms with Crippen LogP contribution in [0, 0.1) is 0 Å². The predicted molar refractivity (Wildman–Crippen MR) is 132 cm³/mol. The number of nitrogens with one attached hydrogen (secondary N) is 2. The van der Waals surface area contributed by atoms with Gasteiger partial charge in [-0.15, -0.1) is 0 Å². The van der Waals surface area contributed by atoms with Gasteiger partial charge in [-0.05, 0) is 65.3 Å². The van der Waals surface area contributed by atoms with E-state index in [1.807, 2.05) is 12.1 Å². The van der Waals surface area contributed by atoms with Crippen molar-refractivity contribution < 1.29 is 19.2 Å². The molecule has 2 rings (SSSR count). The zero-order valence-electron chi connectivity index (χ0n) is 18.7. The number of urea groups is 2. The van der Waals surface area contributed by atoms with Crippen LogP contribution in [0.15, 0.2) is 46.2 Å². The molecule has 6 amide bonds. The molecule has 6 N–H and O–H groups in total. The Balaban J connectivity index is 2.37. The summed E-state index contributed by atoms with van der Waals surface area (Å²) in [4.78, 5) is 51.0. The number of carbonyl (C=O) groups is 4. The van der Waals surface area contributed by atoms with E-state index in [1.54, 1.807) is 52.5 Å². The largest absolute Gasteiger partial charge is 0.351 e. The van der Waals surface area contributed by atoms with Crippen molar-refractivity contribution >= 4 is 57.4 Å². The van der Waals surface area contributed by atoms with Gasteiger partial charge in [0.2, 0.25) is 0 Å². The molecule has 0 aliphatic heterocycles. The number of primary amides is 2. The van der Waals surface area contributed by atoms with Crippen LogP contribution in [-0.4, -0.2) is 60.5 Å². The second kappa shape index (κ2) is 11.5. The maximum absolute atomic E-state index is 12.2. The van der Waals surface area contributed by atoms with Crippen LogP contribution in [0.1, 0.15) is 11.1 Å². The maximum atomic E-state index is 12.2. The molecule has 10 nitrogen and oxygen atoms in total. The molecule has 0 unspecified atom stereocenters. The summed E-state index contributed by atoms with van der Waals surface area (Å²) in [5.41, 5.74) is 13.1. The van der Waals surface area contributed by atoms with Gasteiger partial charge in [0.1, 0.15) is 0 Å². The van der Waals surface area contributed by atoms with Gasteiger partial charge in [0.15, 0.2) is 0 Å². The molecule has 2 aromatic rings. The summed E-state index contributed by atoms with van der Waals surface area (Å²) >= 11 is 1.94. The Hall–Kier alpha value is -3.38. The Morgan fingerprint density at radius 2 is 1.09 bits per heavy atom. The normalized spacial score (nSPS) is 10.3. The lowest BCUT2D eigenvalue weighted by Crippen LogP contribution is -2.21. The van der Waals surface area contributed by atoms with Crippen molar-refractivity contribution in [1.29, 1.82) is 0 Å². The monoisotopic (exact) mass is 490 g/mol. The average Bonchev–Trinajstić information content (AvgIpc) is 2.71. The second-order valence-corrected chi connectivity index (χ2v) is 9.33. The molecule has 2 aromatic carbocycles. The SMILES string of the molecule is CN(C)C(=O)Sc1cc(Cc2ccc(NC(N)=O)c(SC(=O)N(C)C)c2)ccc1NC(N)=O. The number of rotatable bonds is 6. The molecule has 0 aliphatic rings. The van der Waals surface area contributed by atoms with Crippen molar-refractivity contribution in [3.63, 3.8) is 0 Å². The van der Waals surface area contributed by atoms with Gasteiger partial charge in [0.25, 0.3) is 10.5 Å². The van der Waals surface area contributed by atoms with E-state index >= 15 is 0 Å². The second-order valence-electron chi connectivity index (χ2n) is 7.34. The zero-order valence-corrected chi connectivity index (χ0v) is 20.3. The van der Waals surface area contributed by atoms with Crippen LogP contribution >= 0.6 is 23.5 Å². The Labute approximate surface area is 200 Å². The van der Waals surface area contributed by atoms with Crippen molar-refractivity contribution in [1.82, 2.24) is 9.80 Å². The third kappa shape index (κ3) is 7.91. The van der Waals surface area contributed by atoms with Crippen LogP contribution in [0.25, 0.3) is 0 Å². The van der Waals surface area contributed by atoms with Crippen molar-refractivity contribution in [3.05, 3.63) is 47.5 Å². The number of carbonyl (C=O) groups excluding carboxylic acids is 4. The number of benzene rings is 2. The number of nitrogens with two attached hydrogens (primary N) is 2. The first-order chi connectivity index (χ1) is 15.5. The Bertz CT molecular complexity index is 991. The lowest BCUT2D eigenvalue weighted by Gasteiger charge is -2.15. The smallest absolute Gasteiger partial charge is 0.316 e.